The van der Waals surface area contributed by atoms with E-state index in [1.165, 1.54) is 6.26 Å². The van der Waals surface area contributed by atoms with Crippen LogP contribution in [-0.4, -0.2) is 11.9 Å². The second kappa shape index (κ2) is 4.57. The van der Waals surface area contributed by atoms with Crippen molar-refractivity contribution in [2.45, 2.75) is 13.0 Å². The summed E-state index contributed by atoms with van der Waals surface area (Å²) in [6.07, 6.45) is 6.10. The number of hydrogen-bond donors (Lipinski definition) is 1. The molecule has 2 aliphatic carbocycles. The van der Waals surface area contributed by atoms with Crippen molar-refractivity contribution in [1.29, 1.82) is 0 Å². The summed E-state index contributed by atoms with van der Waals surface area (Å²) in [7, 11) is 0. The number of furan rings is 1. The first-order chi connectivity index (χ1) is 9.16. The van der Waals surface area contributed by atoms with Crippen molar-refractivity contribution in [2.24, 2.45) is 23.7 Å². The molecule has 1 saturated carbocycles. The molecule has 5 nitrogen and oxygen atoms in total. The van der Waals surface area contributed by atoms with Crippen molar-refractivity contribution in [3.05, 3.63) is 36.3 Å². The molecule has 5 heteroatoms. The number of carbonyl (C=O) groups is 2. The lowest BCUT2D eigenvalue weighted by Crippen LogP contribution is -2.44. The topological polar surface area (TPSA) is 82.4 Å². The number of carbonyl (C=O) groups excluding carboxylic acids is 2. The summed E-state index contributed by atoms with van der Waals surface area (Å²) in [6, 6.07) is 3.50. The minimum Gasteiger partial charge on any atom is -0.550 e. The highest BCUT2D eigenvalue weighted by atomic mass is 16.4. The highest BCUT2D eigenvalue weighted by molar-refractivity contribution is 5.86. The molecular weight excluding hydrogens is 246 g/mol. The normalized spacial score (nSPS) is 31.6. The lowest BCUT2D eigenvalue weighted by Gasteiger charge is -2.27. The Labute approximate surface area is 110 Å². The first-order valence-electron chi connectivity index (χ1n) is 6.36. The maximum atomic E-state index is 12.2. The summed E-state index contributed by atoms with van der Waals surface area (Å²) in [6.45, 7) is 0.281. The maximum Gasteiger partial charge on any atom is 0.224 e. The Bertz CT molecular complexity index is 520. The number of carboxylic acids is 1. The third-order valence-electron chi connectivity index (χ3n) is 4.05. The van der Waals surface area contributed by atoms with Crippen LogP contribution >= 0.6 is 0 Å². The van der Waals surface area contributed by atoms with E-state index in [2.05, 4.69) is 5.32 Å². The van der Waals surface area contributed by atoms with E-state index >= 15 is 0 Å². The molecule has 100 valence electrons. The number of fused-ring (bicyclic) bond motifs is 2. The van der Waals surface area contributed by atoms with Gasteiger partial charge in [0.2, 0.25) is 5.91 Å². The molecule has 0 spiro atoms. The molecule has 1 amide bonds. The molecule has 3 rings (SSSR count). The molecule has 1 N–H and O–H groups in total. The molecular formula is C14H14NO4-. The fraction of sp³-hybridized carbons (Fsp3) is 0.429. The molecule has 2 bridgehead atoms. The molecule has 0 aromatic carbocycles. The van der Waals surface area contributed by atoms with E-state index in [4.69, 9.17) is 4.42 Å². The van der Waals surface area contributed by atoms with Gasteiger partial charge in [-0.3, -0.25) is 4.79 Å². The third-order valence-corrected chi connectivity index (χ3v) is 4.05. The number of hydrogen-bond acceptors (Lipinski definition) is 4. The largest absolute Gasteiger partial charge is 0.550 e. The van der Waals surface area contributed by atoms with Crippen molar-refractivity contribution in [3.63, 3.8) is 0 Å². The van der Waals surface area contributed by atoms with Gasteiger partial charge in [-0.15, -0.1) is 0 Å². The van der Waals surface area contributed by atoms with E-state index in [-0.39, 0.29) is 24.3 Å². The zero-order chi connectivity index (χ0) is 13.4. The van der Waals surface area contributed by atoms with E-state index in [1.54, 1.807) is 12.1 Å². The van der Waals surface area contributed by atoms with E-state index in [0.717, 1.165) is 6.42 Å². The van der Waals surface area contributed by atoms with Crippen LogP contribution in [0.1, 0.15) is 12.2 Å². The Morgan fingerprint density at radius 3 is 2.68 bits per heavy atom. The number of carboxylic acid groups (broad SMARTS) is 1. The van der Waals surface area contributed by atoms with Gasteiger partial charge in [0.05, 0.1) is 18.7 Å². The van der Waals surface area contributed by atoms with Crippen LogP contribution < -0.4 is 10.4 Å². The Morgan fingerprint density at radius 1 is 1.32 bits per heavy atom. The number of allylic oxidation sites excluding steroid dienone is 2. The van der Waals surface area contributed by atoms with E-state index < -0.39 is 17.8 Å². The molecule has 0 saturated heterocycles. The van der Waals surface area contributed by atoms with Gasteiger partial charge in [-0.05, 0) is 30.4 Å². The number of nitrogens with one attached hydrogen (secondary N) is 1. The SMILES string of the molecule is O=C([O-])[C@@H]1[C@H](C(=O)NCc2ccco2)[C@H]2C=C[C@H]1C2. The summed E-state index contributed by atoms with van der Waals surface area (Å²) in [5.74, 6) is -1.98. The fourth-order valence-electron chi connectivity index (χ4n) is 3.21. The molecule has 19 heavy (non-hydrogen) atoms. The molecule has 2 aliphatic rings. The zero-order valence-electron chi connectivity index (χ0n) is 10.2. The van der Waals surface area contributed by atoms with Gasteiger partial charge < -0.3 is 19.6 Å². The lowest BCUT2D eigenvalue weighted by atomic mass is 9.82. The van der Waals surface area contributed by atoms with Crippen molar-refractivity contribution < 1.29 is 19.1 Å². The van der Waals surface area contributed by atoms with Gasteiger partial charge in [-0.25, -0.2) is 0 Å². The second-order valence-corrected chi connectivity index (χ2v) is 5.12. The van der Waals surface area contributed by atoms with Gasteiger partial charge in [0, 0.05) is 11.9 Å². The Hall–Kier alpha value is -2.04. The average molecular weight is 260 g/mol. The number of aliphatic carboxylic acids is 1. The van der Waals surface area contributed by atoms with Crippen LogP contribution in [0.2, 0.25) is 0 Å². The van der Waals surface area contributed by atoms with E-state index in [9.17, 15) is 14.7 Å². The van der Waals surface area contributed by atoms with Gasteiger partial charge in [0.1, 0.15) is 5.76 Å². The van der Waals surface area contributed by atoms with Crippen molar-refractivity contribution in [2.75, 3.05) is 0 Å². The first-order valence-corrected chi connectivity index (χ1v) is 6.36. The fourth-order valence-corrected chi connectivity index (χ4v) is 3.21. The molecule has 0 unspecified atom stereocenters. The molecule has 1 aromatic heterocycles. The number of amides is 1. The van der Waals surface area contributed by atoms with Crippen LogP contribution in [0.5, 0.6) is 0 Å². The van der Waals surface area contributed by atoms with E-state index in [0.29, 0.717) is 5.76 Å². The molecule has 4 atom stereocenters. The van der Waals surface area contributed by atoms with Crippen LogP contribution in [-0.2, 0) is 16.1 Å². The highest BCUT2D eigenvalue weighted by Gasteiger charge is 2.48. The maximum absolute atomic E-state index is 12.2. The van der Waals surface area contributed by atoms with Gasteiger partial charge in [0.15, 0.2) is 0 Å². The summed E-state index contributed by atoms with van der Waals surface area (Å²) >= 11 is 0. The van der Waals surface area contributed by atoms with Crippen molar-refractivity contribution >= 4 is 11.9 Å². The predicted octanol–water partition coefficient (Wildman–Crippen LogP) is 0.0840. The van der Waals surface area contributed by atoms with Gasteiger partial charge >= 0.3 is 0 Å². The molecule has 1 heterocycles. The molecule has 0 radical (unpaired) electrons. The quantitative estimate of drug-likeness (QED) is 0.777. The smallest absolute Gasteiger partial charge is 0.224 e. The lowest BCUT2D eigenvalue weighted by molar-refractivity contribution is -0.313. The van der Waals surface area contributed by atoms with Crippen LogP contribution in [0.15, 0.2) is 35.0 Å². The third kappa shape index (κ3) is 2.05. The average Bonchev–Trinajstić information content (AvgIpc) is 3.10. The summed E-state index contributed by atoms with van der Waals surface area (Å²) in [5, 5.41) is 13.9. The Balaban J connectivity index is 1.68. The molecule has 1 fully saturated rings. The van der Waals surface area contributed by atoms with Gasteiger partial charge in [-0.2, -0.15) is 0 Å². The van der Waals surface area contributed by atoms with Gasteiger partial charge in [0.25, 0.3) is 0 Å². The summed E-state index contributed by atoms with van der Waals surface area (Å²) in [5.41, 5.74) is 0. The monoisotopic (exact) mass is 260 g/mol. The predicted molar refractivity (Wildman–Crippen MR) is 63.3 cm³/mol. The van der Waals surface area contributed by atoms with Gasteiger partial charge in [-0.1, -0.05) is 12.2 Å². The Morgan fingerprint density at radius 2 is 2.05 bits per heavy atom. The summed E-state index contributed by atoms with van der Waals surface area (Å²) < 4.78 is 5.13. The minimum absolute atomic E-state index is 0.0181. The van der Waals surface area contributed by atoms with Crippen molar-refractivity contribution in [3.8, 4) is 0 Å². The number of rotatable bonds is 4. The van der Waals surface area contributed by atoms with Crippen LogP contribution in [0.3, 0.4) is 0 Å². The van der Waals surface area contributed by atoms with Crippen LogP contribution in [0, 0.1) is 23.7 Å². The first kappa shape index (κ1) is 12.0. The van der Waals surface area contributed by atoms with Crippen LogP contribution in [0.4, 0.5) is 0 Å². The Kier molecular flexibility index (Phi) is 2.89. The summed E-state index contributed by atoms with van der Waals surface area (Å²) in [4.78, 5) is 23.4. The van der Waals surface area contributed by atoms with Crippen LogP contribution in [0.25, 0.3) is 0 Å². The highest BCUT2D eigenvalue weighted by Crippen LogP contribution is 2.47. The second-order valence-electron chi connectivity index (χ2n) is 5.12. The van der Waals surface area contributed by atoms with E-state index in [1.807, 2.05) is 12.2 Å². The van der Waals surface area contributed by atoms with Crippen molar-refractivity contribution in [1.82, 2.24) is 5.32 Å². The standard InChI is InChI=1S/C14H15NO4/c16-13(15-7-10-2-1-5-19-10)11-8-3-4-9(6-8)12(11)14(17)18/h1-5,8-9,11-12H,6-7H2,(H,15,16)(H,17,18)/p-1/t8-,9-,11+,12-/m0/s1. The molecule has 1 aromatic rings. The zero-order valence-corrected chi connectivity index (χ0v) is 10.2. The molecule has 0 aliphatic heterocycles. The minimum atomic E-state index is -1.13.